The molecule has 1 aromatic rings. The minimum atomic E-state index is -0.933. The minimum Gasteiger partial charge on any atom is -0.493 e. The summed E-state index contributed by atoms with van der Waals surface area (Å²) in [6, 6.07) is 5.69. The lowest BCUT2D eigenvalue weighted by Gasteiger charge is -2.32. The second-order valence-corrected chi connectivity index (χ2v) is 10.2. The molecule has 1 amide bonds. The first kappa shape index (κ1) is 29.2. The highest BCUT2D eigenvalue weighted by molar-refractivity contribution is 5.95. The van der Waals surface area contributed by atoms with Gasteiger partial charge in [0.15, 0.2) is 5.78 Å². The number of hydrogen-bond acceptors (Lipinski definition) is 7. The third kappa shape index (κ3) is 8.86. The van der Waals surface area contributed by atoms with E-state index in [1.165, 1.54) is 0 Å². The number of aliphatic hydroxyl groups excluding tert-OH is 1. The van der Waals surface area contributed by atoms with E-state index in [2.05, 4.69) is 10.6 Å². The van der Waals surface area contributed by atoms with Gasteiger partial charge in [-0.05, 0) is 69.3 Å². The van der Waals surface area contributed by atoms with E-state index in [9.17, 15) is 14.7 Å². The molecule has 1 aromatic carbocycles. The van der Waals surface area contributed by atoms with Gasteiger partial charge in [0, 0.05) is 44.8 Å². The maximum Gasteiger partial charge on any atom is 0.254 e. The summed E-state index contributed by atoms with van der Waals surface area (Å²) >= 11 is 0. The molecule has 2 rings (SSSR count). The second kappa shape index (κ2) is 14.5. The van der Waals surface area contributed by atoms with Gasteiger partial charge in [-0.3, -0.25) is 9.59 Å². The molecule has 0 bridgehead atoms. The Morgan fingerprint density at radius 1 is 1.17 bits per heavy atom. The lowest BCUT2D eigenvalue weighted by Crippen LogP contribution is -2.44. The molecular formula is C27H45N3O5. The Balaban J connectivity index is 2.00. The fourth-order valence-electron chi connectivity index (χ4n) is 4.32. The van der Waals surface area contributed by atoms with Crippen LogP contribution in [-0.4, -0.2) is 86.9 Å². The van der Waals surface area contributed by atoms with E-state index >= 15 is 0 Å². The van der Waals surface area contributed by atoms with E-state index in [1.54, 1.807) is 7.11 Å². The van der Waals surface area contributed by atoms with E-state index in [0.29, 0.717) is 37.8 Å². The van der Waals surface area contributed by atoms with E-state index in [0.717, 1.165) is 30.8 Å². The summed E-state index contributed by atoms with van der Waals surface area (Å²) in [6.07, 6.45) is -0.143. The van der Waals surface area contributed by atoms with Crippen LogP contribution in [0.3, 0.4) is 0 Å². The number of nitrogens with one attached hydrogen (secondary N) is 2. The van der Waals surface area contributed by atoms with Crippen LogP contribution in [0.15, 0.2) is 18.2 Å². The molecule has 198 valence electrons. The van der Waals surface area contributed by atoms with Crippen molar-refractivity contribution in [2.45, 2.75) is 53.2 Å². The molecule has 8 nitrogen and oxygen atoms in total. The summed E-state index contributed by atoms with van der Waals surface area (Å²) < 4.78 is 11.0. The molecule has 0 radical (unpaired) electrons. The molecule has 0 saturated carbocycles. The summed E-state index contributed by atoms with van der Waals surface area (Å²) in [6.45, 7) is 14.0. The molecular weight excluding hydrogens is 446 g/mol. The van der Waals surface area contributed by atoms with Crippen molar-refractivity contribution in [2.24, 2.45) is 17.8 Å². The van der Waals surface area contributed by atoms with Gasteiger partial charge in [-0.25, -0.2) is 0 Å². The van der Waals surface area contributed by atoms with Gasteiger partial charge in [-0.15, -0.1) is 0 Å². The predicted octanol–water partition coefficient (Wildman–Crippen LogP) is 2.27. The number of nitrogens with zero attached hydrogens (tertiary/aromatic N) is 1. The van der Waals surface area contributed by atoms with Crippen molar-refractivity contribution in [2.75, 3.05) is 53.0 Å². The average molecular weight is 492 g/mol. The number of carbonyl (C=O) groups is 2. The Morgan fingerprint density at radius 2 is 1.89 bits per heavy atom. The van der Waals surface area contributed by atoms with E-state index in [1.807, 2.05) is 57.7 Å². The van der Waals surface area contributed by atoms with Crippen molar-refractivity contribution < 1.29 is 24.2 Å². The van der Waals surface area contributed by atoms with Crippen molar-refractivity contribution >= 4 is 11.7 Å². The summed E-state index contributed by atoms with van der Waals surface area (Å²) in [5.41, 5.74) is 1.62. The number of ketones is 1. The first-order valence-corrected chi connectivity index (χ1v) is 12.8. The zero-order valence-corrected chi connectivity index (χ0v) is 22.3. The van der Waals surface area contributed by atoms with Crippen LogP contribution in [0.5, 0.6) is 5.75 Å². The molecule has 1 saturated heterocycles. The summed E-state index contributed by atoms with van der Waals surface area (Å²) in [4.78, 5) is 27.5. The first-order valence-electron chi connectivity index (χ1n) is 12.8. The number of aliphatic hydroxyl groups is 1. The Morgan fingerprint density at radius 3 is 2.54 bits per heavy atom. The number of rotatable bonds is 15. The number of Topliss-reactive ketones (excluding diaryl/α,β-unsaturated/α-hetero) is 1. The molecule has 35 heavy (non-hydrogen) atoms. The summed E-state index contributed by atoms with van der Waals surface area (Å²) in [7, 11) is 1.67. The second-order valence-electron chi connectivity index (χ2n) is 10.2. The monoisotopic (exact) mass is 491 g/mol. The molecule has 3 atom stereocenters. The van der Waals surface area contributed by atoms with Gasteiger partial charge in [0.05, 0.1) is 13.2 Å². The molecule has 1 fully saturated rings. The number of hydrogen-bond donors (Lipinski definition) is 3. The lowest BCUT2D eigenvalue weighted by atomic mass is 9.94. The topological polar surface area (TPSA) is 100 Å². The van der Waals surface area contributed by atoms with Crippen LogP contribution in [0.1, 0.15) is 50.0 Å². The van der Waals surface area contributed by atoms with E-state index in [-0.39, 0.29) is 36.1 Å². The number of amides is 1. The van der Waals surface area contributed by atoms with Gasteiger partial charge >= 0.3 is 0 Å². The van der Waals surface area contributed by atoms with Gasteiger partial charge in [0.2, 0.25) is 0 Å². The van der Waals surface area contributed by atoms with Gasteiger partial charge < -0.3 is 30.1 Å². The highest BCUT2D eigenvalue weighted by Crippen LogP contribution is 2.24. The highest BCUT2D eigenvalue weighted by atomic mass is 16.5. The molecule has 0 aromatic heterocycles. The van der Waals surface area contributed by atoms with Crippen LogP contribution in [0, 0.1) is 24.7 Å². The predicted molar refractivity (Wildman–Crippen MR) is 138 cm³/mol. The molecule has 0 aliphatic carbocycles. The smallest absolute Gasteiger partial charge is 0.254 e. The largest absolute Gasteiger partial charge is 0.493 e. The number of carbonyl (C=O) groups excluding carboxylic acids is 2. The molecule has 0 spiro atoms. The van der Waals surface area contributed by atoms with Gasteiger partial charge in [0.25, 0.3) is 5.91 Å². The zero-order chi connectivity index (χ0) is 26.0. The number of aryl methyl sites for hydroxylation is 1. The normalized spacial score (nSPS) is 18.8. The Kier molecular flexibility index (Phi) is 12.1. The van der Waals surface area contributed by atoms with E-state index < -0.39 is 6.10 Å². The van der Waals surface area contributed by atoms with Crippen LogP contribution in [0.2, 0.25) is 0 Å². The average Bonchev–Trinajstić information content (AvgIpc) is 3.26. The quantitative estimate of drug-likeness (QED) is 0.324. The molecule has 1 aliphatic rings. The summed E-state index contributed by atoms with van der Waals surface area (Å²) in [5, 5.41) is 16.6. The number of methoxy groups -OCH3 is 1. The van der Waals surface area contributed by atoms with Crippen molar-refractivity contribution in [3.63, 3.8) is 0 Å². The zero-order valence-electron chi connectivity index (χ0n) is 22.3. The van der Waals surface area contributed by atoms with Crippen LogP contribution in [0.25, 0.3) is 0 Å². The Hall–Kier alpha value is -2.00. The molecule has 1 heterocycles. The van der Waals surface area contributed by atoms with Crippen LogP contribution in [0.4, 0.5) is 0 Å². The maximum absolute atomic E-state index is 13.5. The van der Waals surface area contributed by atoms with Gasteiger partial charge in [-0.2, -0.15) is 0 Å². The van der Waals surface area contributed by atoms with E-state index in [4.69, 9.17) is 9.47 Å². The van der Waals surface area contributed by atoms with Crippen molar-refractivity contribution in [1.82, 2.24) is 15.5 Å². The molecule has 1 aliphatic heterocycles. The minimum absolute atomic E-state index is 0.00409. The Bertz CT molecular complexity index is 814. The summed E-state index contributed by atoms with van der Waals surface area (Å²) in [5.74, 6) is 1.03. The fraction of sp³-hybridized carbons (Fsp3) is 0.704. The molecule has 8 heteroatoms. The molecule has 3 N–H and O–H groups in total. The number of ether oxygens (including phenoxy) is 2. The third-order valence-corrected chi connectivity index (χ3v) is 6.65. The number of benzene rings is 1. The Labute approximate surface area is 210 Å². The molecule has 1 unspecified atom stereocenters. The van der Waals surface area contributed by atoms with Crippen molar-refractivity contribution in [3.05, 3.63) is 29.3 Å². The standard InChI is InChI=1S/C27H45N3O5/c1-18(2)26(32)24(31)16-29-14-22-13-28-15-23(22)17-30(19(3)4)27(33)21-9-8-20(5)25(12-21)35-11-7-10-34-6/h8-9,12,18-19,22-23,26,28-29,32H,7,10-11,13-17H2,1-6H3/t22-,23-,26?/m0/s1. The van der Waals surface area contributed by atoms with Crippen LogP contribution in [-0.2, 0) is 9.53 Å². The maximum atomic E-state index is 13.5. The first-order chi connectivity index (χ1) is 16.6. The van der Waals surface area contributed by atoms with Gasteiger partial charge in [-0.1, -0.05) is 19.9 Å². The lowest BCUT2D eigenvalue weighted by molar-refractivity contribution is -0.128. The van der Waals surface area contributed by atoms with Gasteiger partial charge in [0.1, 0.15) is 11.9 Å². The third-order valence-electron chi connectivity index (χ3n) is 6.65. The fourth-order valence-corrected chi connectivity index (χ4v) is 4.32. The SMILES string of the molecule is COCCCOc1cc(C(=O)N(C[C@@H]2CNC[C@H]2CNCC(=O)C(O)C(C)C)C(C)C)ccc1C. The van der Waals surface area contributed by atoms with Crippen molar-refractivity contribution in [3.8, 4) is 5.75 Å². The van der Waals surface area contributed by atoms with Crippen molar-refractivity contribution in [1.29, 1.82) is 0 Å². The van der Waals surface area contributed by atoms with Crippen LogP contribution >= 0.6 is 0 Å². The highest BCUT2D eigenvalue weighted by Gasteiger charge is 2.31. The van der Waals surface area contributed by atoms with Crippen LogP contribution < -0.4 is 15.4 Å².